The minimum absolute atomic E-state index is 0.0239. The zero-order valence-electron chi connectivity index (χ0n) is 31.8. The number of ether oxygens (including phenoxy) is 4. The van der Waals surface area contributed by atoms with Gasteiger partial charge in [0.1, 0.15) is 36.0 Å². The van der Waals surface area contributed by atoms with Gasteiger partial charge in [0, 0.05) is 0 Å². The van der Waals surface area contributed by atoms with Crippen molar-refractivity contribution in [1.29, 1.82) is 0 Å². The lowest BCUT2D eigenvalue weighted by Gasteiger charge is -2.29. The van der Waals surface area contributed by atoms with Gasteiger partial charge >= 0.3 is 11.9 Å². The van der Waals surface area contributed by atoms with Crippen LogP contribution in [0.2, 0.25) is 0 Å². The Labute approximate surface area is 313 Å². The first-order valence-corrected chi connectivity index (χ1v) is 19.6. The molecule has 14 heteroatoms. The number of benzene rings is 2. The third-order valence-electron chi connectivity index (χ3n) is 6.96. The summed E-state index contributed by atoms with van der Waals surface area (Å²) in [4.78, 5) is 26.1. The highest BCUT2D eigenvalue weighted by Crippen LogP contribution is 2.33. The van der Waals surface area contributed by atoms with E-state index < -0.39 is 39.0 Å². The number of hydrogen-bond acceptors (Lipinski definition) is 12. The minimum atomic E-state index is -1.05. The summed E-state index contributed by atoms with van der Waals surface area (Å²) in [5.41, 5.74) is 1.23. The molecular formula is C39H53N3O10S. The molecule has 1 unspecified atom stereocenters. The maximum absolute atomic E-state index is 13.2. The van der Waals surface area contributed by atoms with Crippen LogP contribution in [0.3, 0.4) is 0 Å². The van der Waals surface area contributed by atoms with Crippen molar-refractivity contribution in [3.8, 4) is 35.0 Å². The van der Waals surface area contributed by atoms with Gasteiger partial charge in [-0.3, -0.25) is 4.79 Å². The average Bonchev–Trinajstić information content (AvgIpc) is 3.57. The number of carbonyl (C=O) groups excluding carboxylic acids is 2. The third-order valence-corrected chi connectivity index (χ3v) is 7.71. The highest BCUT2D eigenvalue weighted by molar-refractivity contribution is 8.35. The first-order chi connectivity index (χ1) is 24.8. The second kappa shape index (κ2) is 20.6. The summed E-state index contributed by atoms with van der Waals surface area (Å²) in [6.07, 6.45) is 12.8. The molecule has 0 fully saturated rings. The van der Waals surface area contributed by atoms with Crippen LogP contribution in [-0.4, -0.2) is 84.9 Å². The van der Waals surface area contributed by atoms with Crippen LogP contribution in [-0.2, 0) is 52.1 Å². The molecule has 0 aliphatic rings. The summed E-state index contributed by atoms with van der Waals surface area (Å²) in [5, 5.41) is 48.1. The number of carbonyl (C=O) groups is 2. The van der Waals surface area contributed by atoms with Gasteiger partial charge in [0.25, 0.3) is 0 Å². The van der Waals surface area contributed by atoms with Crippen molar-refractivity contribution in [2.75, 3.05) is 32.0 Å². The van der Waals surface area contributed by atoms with Gasteiger partial charge in [-0.05, 0) is 106 Å². The number of nitrogens with zero attached hydrogens (tertiary/aromatic N) is 3. The van der Waals surface area contributed by atoms with Crippen molar-refractivity contribution in [2.45, 2.75) is 85.7 Å². The van der Waals surface area contributed by atoms with Crippen molar-refractivity contribution >= 4 is 22.0 Å². The Morgan fingerprint density at radius 3 is 1.79 bits per heavy atom. The predicted octanol–water partition coefficient (Wildman–Crippen LogP) is 4.02. The lowest BCUT2D eigenvalue weighted by Crippen LogP contribution is -2.36. The number of aromatic nitrogens is 3. The lowest BCUT2D eigenvalue weighted by molar-refractivity contribution is -0.162. The third kappa shape index (κ3) is 16.3. The van der Waals surface area contributed by atoms with Crippen LogP contribution in [0.25, 0.3) is 0 Å². The minimum Gasteiger partial charge on any atom is -0.487 e. The van der Waals surface area contributed by atoms with E-state index >= 15 is 0 Å². The van der Waals surface area contributed by atoms with E-state index in [9.17, 15) is 19.8 Å². The number of esters is 2. The van der Waals surface area contributed by atoms with Crippen LogP contribution in [0, 0.1) is 28.9 Å². The average molecular weight is 756 g/mol. The molecule has 53 heavy (non-hydrogen) atoms. The van der Waals surface area contributed by atoms with Gasteiger partial charge in [-0.25, -0.2) is 9.48 Å². The molecular weight excluding hydrogens is 703 g/mol. The fraction of sp³-hybridized carbons (Fsp3) is 0.487. The summed E-state index contributed by atoms with van der Waals surface area (Å²) in [7, 11) is -1.03. The van der Waals surface area contributed by atoms with Crippen molar-refractivity contribution in [2.24, 2.45) is 5.41 Å². The van der Waals surface area contributed by atoms with Gasteiger partial charge in [0.15, 0.2) is 12.6 Å². The zero-order chi connectivity index (χ0) is 39.8. The van der Waals surface area contributed by atoms with E-state index in [1.807, 2.05) is 18.8 Å². The molecule has 0 spiro atoms. The lowest BCUT2D eigenvalue weighted by atomic mass is 9.85. The van der Waals surface area contributed by atoms with Crippen molar-refractivity contribution in [3.63, 3.8) is 0 Å². The van der Waals surface area contributed by atoms with Gasteiger partial charge in [-0.2, -0.15) is 10.0 Å². The standard InChI is InChI=1S/C28H41N3O7S.C11H12O3/c1-27(2,3)38-25(34)24(15-28(4,5)26(35)36-10-9-11-39(6,7)8)31-16-22(29-30-31)19-37-23-13-20(17-32)12-21(14-23)18-33;1-2-3-14-11-5-9(7-12)4-10(6-11)8-13/h12-14,16,24,32-33H,10,15,17-19H2,1-8H3;1,4-6,12-13H,3,7-8H2. The number of aliphatic hydroxyl groups is 4. The Bertz CT molecular complexity index is 1710. The second-order valence-electron chi connectivity index (χ2n) is 14.4. The molecule has 1 aromatic heterocycles. The van der Waals surface area contributed by atoms with E-state index in [4.69, 9.17) is 35.6 Å². The van der Waals surface area contributed by atoms with Gasteiger partial charge in [-0.1, -0.05) is 34.4 Å². The van der Waals surface area contributed by atoms with Crippen molar-refractivity contribution in [1.82, 2.24) is 15.0 Å². The Hall–Kier alpha value is -4.57. The van der Waals surface area contributed by atoms with E-state index in [0.717, 1.165) is 0 Å². The van der Waals surface area contributed by atoms with Gasteiger partial charge in [0.2, 0.25) is 0 Å². The molecule has 0 saturated heterocycles. The summed E-state index contributed by atoms with van der Waals surface area (Å²) in [6.45, 7) is 8.31. The first kappa shape index (κ1) is 44.6. The molecule has 3 rings (SSSR count). The Morgan fingerprint density at radius 2 is 1.34 bits per heavy atom. The summed E-state index contributed by atoms with van der Waals surface area (Å²) in [5.74, 6) is 5.22. The van der Waals surface area contributed by atoms with Crippen LogP contribution in [0.4, 0.5) is 0 Å². The normalized spacial score (nSPS) is 12.2. The monoisotopic (exact) mass is 755 g/mol. The van der Waals surface area contributed by atoms with Crippen molar-refractivity contribution < 1.29 is 49.0 Å². The molecule has 0 radical (unpaired) electrons. The van der Waals surface area contributed by atoms with Crippen LogP contribution >= 0.6 is 10.0 Å². The summed E-state index contributed by atoms with van der Waals surface area (Å²) in [6, 6.07) is 9.15. The van der Waals surface area contributed by atoms with E-state index in [-0.39, 0.29) is 52.7 Å². The summed E-state index contributed by atoms with van der Waals surface area (Å²) < 4.78 is 23.4. The van der Waals surface area contributed by atoms with Crippen LogP contribution in [0.15, 0.2) is 42.6 Å². The molecule has 0 aliphatic heterocycles. The predicted molar refractivity (Wildman–Crippen MR) is 203 cm³/mol. The smallest absolute Gasteiger partial charge is 0.331 e. The quantitative estimate of drug-likeness (QED) is 0.129. The maximum atomic E-state index is 13.2. The maximum Gasteiger partial charge on any atom is 0.331 e. The van der Waals surface area contributed by atoms with Crippen molar-refractivity contribution in [3.05, 3.63) is 70.5 Å². The van der Waals surface area contributed by atoms with E-state index in [0.29, 0.717) is 39.4 Å². The van der Waals surface area contributed by atoms with Crippen LogP contribution in [0.5, 0.6) is 11.5 Å². The summed E-state index contributed by atoms with van der Waals surface area (Å²) >= 11 is 0. The molecule has 0 bridgehead atoms. The Kier molecular flexibility index (Phi) is 17.3. The highest BCUT2D eigenvalue weighted by atomic mass is 32.3. The molecule has 3 aromatic rings. The van der Waals surface area contributed by atoms with Gasteiger partial charge in [0.05, 0.1) is 38.0 Å². The largest absolute Gasteiger partial charge is 0.487 e. The van der Waals surface area contributed by atoms with Crippen LogP contribution < -0.4 is 9.47 Å². The Balaban J connectivity index is 0.000000579. The van der Waals surface area contributed by atoms with E-state index in [1.54, 1.807) is 77.2 Å². The topological polar surface area (TPSA) is 183 Å². The molecule has 290 valence electrons. The molecule has 1 heterocycles. The molecule has 13 nitrogen and oxygen atoms in total. The number of rotatable bonds is 15. The molecule has 0 saturated carbocycles. The zero-order valence-corrected chi connectivity index (χ0v) is 32.7. The fourth-order valence-corrected chi connectivity index (χ4v) is 5.06. The Morgan fingerprint density at radius 1 is 0.830 bits per heavy atom. The molecule has 0 aliphatic carbocycles. The molecule has 4 N–H and O–H groups in total. The SMILES string of the molecule is C#CCOc1cc(CO)cc(CO)c1.CC(C)(C)OC(=O)C(CC(C)(C)C(=O)OCC#CS(C)(C)C)n1cc(COc2cc(CO)cc(CO)c2)nn1. The van der Waals surface area contributed by atoms with Gasteiger partial charge < -0.3 is 39.4 Å². The van der Waals surface area contributed by atoms with E-state index in [1.165, 1.54) is 4.68 Å². The fourth-order valence-electron chi connectivity index (χ4n) is 4.57. The highest BCUT2D eigenvalue weighted by Gasteiger charge is 2.38. The van der Waals surface area contributed by atoms with E-state index in [2.05, 4.69) is 27.4 Å². The molecule has 2 aromatic carbocycles. The van der Waals surface area contributed by atoms with Crippen LogP contribution in [0.1, 0.15) is 75.0 Å². The first-order valence-electron chi connectivity index (χ1n) is 16.7. The number of aliphatic hydroxyl groups excluding tert-OH is 4. The van der Waals surface area contributed by atoms with Gasteiger partial charge in [-0.15, -0.1) is 11.5 Å². The number of terminal acetylenes is 1. The second-order valence-corrected chi connectivity index (χ2v) is 18.3. The molecule has 1 atom stereocenters. The molecule has 0 amide bonds. The number of hydrogen-bond donors (Lipinski definition) is 4.